The summed E-state index contributed by atoms with van der Waals surface area (Å²) in [5, 5.41) is 13.9. The zero-order chi connectivity index (χ0) is 55.6. The molecular formula is C67H132N2O6P+. The predicted molar refractivity (Wildman–Crippen MR) is 332 cm³/mol. The molecule has 0 fully saturated rings. The van der Waals surface area contributed by atoms with Gasteiger partial charge in [-0.3, -0.25) is 13.8 Å². The van der Waals surface area contributed by atoms with Crippen molar-refractivity contribution in [1.29, 1.82) is 0 Å². The SMILES string of the molecule is CCCCCC/C=C/CC/C=C/CC/C=C/C(O)C(COP(=O)(O)OCC[N+](C)(C)C)NC(=O)CCCCCCCCCCCCCCCCCCCCCCCCCCCCCCCCCCCCCCCCCC. The predicted octanol–water partition coefficient (Wildman–Crippen LogP) is 20.9. The zero-order valence-corrected chi connectivity index (χ0v) is 52.4. The third-order valence-electron chi connectivity index (χ3n) is 15.3. The second-order valence-corrected chi connectivity index (χ2v) is 25.6. The number of amides is 1. The fourth-order valence-electron chi connectivity index (χ4n) is 10.1. The van der Waals surface area contributed by atoms with Gasteiger partial charge in [0.05, 0.1) is 39.9 Å². The fraction of sp³-hybridized carbons (Fsp3) is 0.896. The van der Waals surface area contributed by atoms with E-state index in [2.05, 4.69) is 43.5 Å². The minimum atomic E-state index is -4.36. The van der Waals surface area contributed by atoms with E-state index in [-0.39, 0.29) is 19.1 Å². The van der Waals surface area contributed by atoms with E-state index in [9.17, 15) is 19.4 Å². The molecule has 0 aromatic heterocycles. The van der Waals surface area contributed by atoms with Crippen molar-refractivity contribution in [3.05, 3.63) is 36.5 Å². The molecule has 0 rings (SSSR count). The van der Waals surface area contributed by atoms with E-state index < -0.39 is 20.0 Å². The summed E-state index contributed by atoms with van der Waals surface area (Å²) in [5.74, 6) is -0.186. The largest absolute Gasteiger partial charge is 0.472 e. The van der Waals surface area contributed by atoms with E-state index in [1.165, 1.54) is 270 Å². The van der Waals surface area contributed by atoms with Crippen molar-refractivity contribution in [2.24, 2.45) is 0 Å². The van der Waals surface area contributed by atoms with Crippen molar-refractivity contribution >= 4 is 13.7 Å². The van der Waals surface area contributed by atoms with Gasteiger partial charge in [-0.1, -0.05) is 320 Å². The number of rotatable bonds is 62. The minimum absolute atomic E-state index is 0.0550. The molecule has 0 aromatic rings. The van der Waals surface area contributed by atoms with Crippen LogP contribution in [0.25, 0.3) is 0 Å². The molecule has 9 heteroatoms. The number of phosphoric ester groups is 1. The van der Waals surface area contributed by atoms with Crippen LogP contribution in [0.3, 0.4) is 0 Å². The van der Waals surface area contributed by atoms with E-state index in [1.807, 2.05) is 27.2 Å². The lowest BCUT2D eigenvalue weighted by Crippen LogP contribution is -2.45. The molecule has 0 bridgehead atoms. The summed E-state index contributed by atoms with van der Waals surface area (Å²) in [6.07, 6.45) is 77.5. The summed E-state index contributed by atoms with van der Waals surface area (Å²) >= 11 is 0. The number of allylic oxidation sites excluding steroid dienone is 5. The quantitative estimate of drug-likeness (QED) is 0.0243. The van der Waals surface area contributed by atoms with Gasteiger partial charge in [-0.15, -0.1) is 0 Å². The average Bonchev–Trinajstić information content (AvgIpc) is 3.38. The molecule has 450 valence electrons. The Morgan fingerprint density at radius 3 is 1.05 bits per heavy atom. The minimum Gasteiger partial charge on any atom is -0.387 e. The molecule has 0 aliphatic heterocycles. The first-order valence-corrected chi connectivity index (χ1v) is 34.9. The molecule has 3 atom stereocenters. The maximum atomic E-state index is 13.0. The van der Waals surface area contributed by atoms with Gasteiger partial charge in [0.15, 0.2) is 0 Å². The maximum absolute atomic E-state index is 13.0. The first-order chi connectivity index (χ1) is 37.0. The molecule has 0 aliphatic carbocycles. The van der Waals surface area contributed by atoms with Crippen molar-refractivity contribution in [2.75, 3.05) is 40.9 Å². The van der Waals surface area contributed by atoms with Gasteiger partial charge in [-0.05, 0) is 44.9 Å². The van der Waals surface area contributed by atoms with Crippen LogP contribution in [0.4, 0.5) is 0 Å². The van der Waals surface area contributed by atoms with Crippen LogP contribution < -0.4 is 5.32 Å². The van der Waals surface area contributed by atoms with Gasteiger partial charge in [-0.2, -0.15) is 0 Å². The second kappa shape index (κ2) is 58.4. The van der Waals surface area contributed by atoms with Gasteiger partial charge < -0.3 is 19.8 Å². The van der Waals surface area contributed by atoms with Crippen LogP contribution in [0, 0.1) is 0 Å². The Bertz CT molecular complexity index is 1330. The highest BCUT2D eigenvalue weighted by Crippen LogP contribution is 2.43. The summed E-state index contributed by atoms with van der Waals surface area (Å²) < 4.78 is 23.7. The first kappa shape index (κ1) is 74.7. The maximum Gasteiger partial charge on any atom is 0.472 e. The Morgan fingerprint density at radius 2 is 0.724 bits per heavy atom. The van der Waals surface area contributed by atoms with Crippen molar-refractivity contribution in [2.45, 2.75) is 347 Å². The molecule has 3 N–H and O–H groups in total. The third-order valence-corrected chi connectivity index (χ3v) is 16.3. The number of hydrogen-bond acceptors (Lipinski definition) is 5. The molecule has 76 heavy (non-hydrogen) atoms. The molecule has 8 nitrogen and oxygen atoms in total. The van der Waals surface area contributed by atoms with Crippen LogP contribution in [-0.4, -0.2) is 73.4 Å². The van der Waals surface area contributed by atoms with Crippen molar-refractivity contribution in [1.82, 2.24) is 5.32 Å². The number of carbonyl (C=O) groups is 1. The number of carbonyl (C=O) groups excluding carboxylic acids is 1. The number of quaternary nitrogens is 1. The molecule has 0 aliphatic rings. The lowest BCUT2D eigenvalue weighted by Gasteiger charge is -2.25. The van der Waals surface area contributed by atoms with Crippen molar-refractivity contribution in [3.63, 3.8) is 0 Å². The lowest BCUT2D eigenvalue weighted by molar-refractivity contribution is -0.870. The van der Waals surface area contributed by atoms with Crippen LogP contribution in [0.15, 0.2) is 36.5 Å². The van der Waals surface area contributed by atoms with Gasteiger partial charge in [0, 0.05) is 6.42 Å². The Hall–Kier alpha value is -1.28. The topological polar surface area (TPSA) is 105 Å². The Balaban J connectivity index is 3.85. The van der Waals surface area contributed by atoms with Crippen LogP contribution in [0.1, 0.15) is 335 Å². The summed E-state index contributed by atoms with van der Waals surface area (Å²) in [6, 6.07) is -0.867. The molecule has 0 spiro atoms. The van der Waals surface area contributed by atoms with Gasteiger partial charge in [0.1, 0.15) is 13.2 Å². The van der Waals surface area contributed by atoms with Crippen LogP contribution >= 0.6 is 7.82 Å². The second-order valence-electron chi connectivity index (χ2n) is 24.2. The monoisotopic (exact) mass is 1090 g/mol. The summed E-state index contributed by atoms with van der Waals surface area (Å²) in [4.78, 5) is 23.3. The Kier molecular flexibility index (Phi) is 57.4. The van der Waals surface area contributed by atoms with Crippen LogP contribution in [0.2, 0.25) is 0 Å². The van der Waals surface area contributed by atoms with E-state index in [1.54, 1.807) is 6.08 Å². The first-order valence-electron chi connectivity index (χ1n) is 33.4. The number of hydrogen-bond donors (Lipinski definition) is 3. The van der Waals surface area contributed by atoms with Crippen LogP contribution in [0.5, 0.6) is 0 Å². The zero-order valence-electron chi connectivity index (χ0n) is 51.5. The molecule has 1 amide bonds. The molecule has 0 saturated heterocycles. The normalized spacial score (nSPS) is 13.9. The van der Waals surface area contributed by atoms with Crippen molar-refractivity contribution < 1.29 is 32.9 Å². The summed E-state index contributed by atoms with van der Waals surface area (Å²) in [5.41, 5.74) is 0. The van der Waals surface area contributed by atoms with Gasteiger partial charge in [0.2, 0.25) is 5.91 Å². The highest BCUT2D eigenvalue weighted by atomic mass is 31.2. The molecule has 0 aromatic carbocycles. The number of aliphatic hydroxyl groups is 1. The number of phosphoric acid groups is 1. The van der Waals surface area contributed by atoms with Gasteiger partial charge >= 0.3 is 7.82 Å². The summed E-state index contributed by atoms with van der Waals surface area (Å²) in [6.45, 7) is 4.80. The lowest BCUT2D eigenvalue weighted by atomic mass is 10.0. The third kappa shape index (κ3) is 60.4. The van der Waals surface area contributed by atoms with Crippen molar-refractivity contribution in [3.8, 4) is 0 Å². The Labute approximate surface area is 474 Å². The standard InChI is InChI=1S/C67H131N2O6P/c1-6-8-10-12-14-16-18-20-22-23-24-25-26-27-28-29-30-31-32-33-34-35-36-37-38-39-40-41-42-43-44-45-46-47-49-51-53-55-57-59-61-67(71)68-65(64-75-76(72,73)74-63-62-69(3,4)5)66(70)60-58-56-54-52-50-48-21-19-17-15-13-11-9-7-2/h17,19,50,52,58,60,65-66,70H,6-16,18,20-49,51,53-57,59,61-64H2,1-5H3,(H-,68,71,72,73)/p+1/b19-17+,52-50+,60-58+. The number of unbranched alkanes of at least 4 members (excludes halogenated alkanes) is 45. The fourth-order valence-corrected chi connectivity index (χ4v) is 10.9. The number of likely N-dealkylation sites (N-methyl/N-ethyl adjacent to an activating group) is 1. The van der Waals surface area contributed by atoms with E-state index in [4.69, 9.17) is 9.05 Å². The smallest absolute Gasteiger partial charge is 0.387 e. The average molecular weight is 1090 g/mol. The van der Waals surface area contributed by atoms with Gasteiger partial charge in [0.25, 0.3) is 0 Å². The highest BCUT2D eigenvalue weighted by Gasteiger charge is 2.28. The van der Waals surface area contributed by atoms with E-state index in [0.717, 1.165) is 44.9 Å². The summed E-state index contributed by atoms with van der Waals surface area (Å²) in [7, 11) is 1.56. The van der Waals surface area contributed by atoms with Crippen LogP contribution in [-0.2, 0) is 18.4 Å². The Morgan fingerprint density at radius 1 is 0.434 bits per heavy atom. The molecular weight excluding hydrogens is 960 g/mol. The van der Waals surface area contributed by atoms with E-state index >= 15 is 0 Å². The number of nitrogens with zero attached hydrogens (tertiary/aromatic N) is 1. The van der Waals surface area contributed by atoms with Gasteiger partial charge in [-0.25, -0.2) is 4.57 Å². The molecule has 0 saturated carbocycles. The molecule has 3 unspecified atom stereocenters. The number of aliphatic hydroxyl groups excluding tert-OH is 1. The highest BCUT2D eigenvalue weighted by molar-refractivity contribution is 7.47. The molecule has 0 heterocycles. The van der Waals surface area contributed by atoms with E-state index in [0.29, 0.717) is 17.4 Å². The number of nitrogens with one attached hydrogen (secondary N) is 1. The molecule has 0 radical (unpaired) electrons.